The summed E-state index contributed by atoms with van der Waals surface area (Å²) in [5.74, 6) is 0.209. The first-order valence-electron chi connectivity index (χ1n) is 10.6. The van der Waals surface area contributed by atoms with Crippen molar-refractivity contribution < 1.29 is 14.3 Å². The molecule has 1 aromatic carbocycles. The molecule has 0 radical (unpaired) electrons. The Morgan fingerprint density at radius 3 is 2.25 bits per heavy atom. The van der Waals surface area contributed by atoms with E-state index in [2.05, 4.69) is 10.2 Å². The second-order valence-electron chi connectivity index (χ2n) is 8.37. The molecule has 28 heavy (non-hydrogen) atoms. The maximum atomic E-state index is 12.4. The molecule has 2 bridgehead atoms. The van der Waals surface area contributed by atoms with E-state index in [1.807, 2.05) is 35.2 Å². The maximum Gasteiger partial charge on any atom is 0.317 e. The lowest BCUT2D eigenvalue weighted by Gasteiger charge is -2.40. The van der Waals surface area contributed by atoms with Crippen molar-refractivity contribution in [3.63, 3.8) is 0 Å². The zero-order chi connectivity index (χ0) is 19.5. The van der Waals surface area contributed by atoms with Gasteiger partial charge in [-0.15, -0.1) is 0 Å². The predicted octanol–water partition coefficient (Wildman–Crippen LogP) is 2.92. The van der Waals surface area contributed by atoms with E-state index >= 15 is 0 Å². The first-order chi connectivity index (χ1) is 13.6. The van der Waals surface area contributed by atoms with Crippen molar-refractivity contribution in [2.24, 2.45) is 0 Å². The van der Waals surface area contributed by atoms with Gasteiger partial charge in [0, 0.05) is 38.6 Å². The van der Waals surface area contributed by atoms with Crippen molar-refractivity contribution in [3.05, 3.63) is 35.9 Å². The number of piperidine rings is 2. The van der Waals surface area contributed by atoms with Gasteiger partial charge in [0.25, 0.3) is 0 Å². The minimum absolute atomic E-state index is 0.00936. The summed E-state index contributed by atoms with van der Waals surface area (Å²) >= 11 is 0. The third-order valence-corrected chi connectivity index (χ3v) is 6.45. The number of ether oxygens (including phenoxy) is 1. The van der Waals surface area contributed by atoms with Gasteiger partial charge < -0.3 is 19.9 Å². The van der Waals surface area contributed by atoms with Gasteiger partial charge in [0.05, 0.1) is 12.2 Å². The highest BCUT2D eigenvalue weighted by molar-refractivity contribution is 5.74. The normalized spacial score (nSPS) is 27.7. The van der Waals surface area contributed by atoms with Crippen LogP contribution in [0.4, 0.5) is 4.79 Å². The zero-order valence-electron chi connectivity index (χ0n) is 16.7. The summed E-state index contributed by atoms with van der Waals surface area (Å²) in [4.78, 5) is 28.2. The molecule has 3 fully saturated rings. The lowest BCUT2D eigenvalue weighted by molar-refractivity contribution is -0.138. The average molecular weight is 386 g/mol. The highest BCUT2D eigenvalue weighted by Crippen LogP contribution is 2.37. The van der Waals surface area contributed by atoms with Gasteiger partial charge in [0.2, 0.25) is 5.91 Å². The number of nitrogens with one attached hydrogen (secondary N) is 1. The molecule has 0 aliphatic carbocycles. The molecule has 6 heteroatoms. The van der Waals surface area contributed by atoms with E-state index < -0.39 is 0 Å². The molecule has 3 aliphatic rings. The Bertz CT molecular complexity index is 674. The summed E-state index contributed by atoms with van der Waals surface area (Å²) in [6.45, 7) is 3.73. The largest absolute Gasteiger partial charge is 0.375 e. The molecule has 3 saturated heterocycles. The van der Waals surface area contributed by atoms with Crippen molar-refractivity contribution in [3.8, 4) is 0 Å². The van der Waals surface area contributed by atoms with Gasteiger partial charge in [0.15, 0.2) is 0 Å². The van der Waals surface area contributed by atoms with Crippen LogP contribution in [-0.4, -0.2) is 59.1 Å². The Balaban J connectivity index is 1.20. The fraction of sp³-hybridized carbons (Fsp3) is 0.636. The number of fused-ring (bicyclic) bond motifs is 2. The number of urea groups is 1. The molecule has 3 amide bonds. The topological polar surface area (TPSA) is 61.9 Å². The summed E-state index contributed by atoms with van der Waals surface area (Å²) in [5, 5.41) is 3.01. The Labute approximate surface area is 167 Å². The smallest absolute Gasteiger partial charge is 0.317 e. The Kier molecular flexibility index (Phi) is 5.85. The third kappa shape index (κ3) is 4.32. The predicted molar refractivity (Wildman–Crippen MR) is 107 cm³/mol. The zero-order valence-corrected chi connectivity index (χ0v) is 16.7. The maximum absolute atomic E-state index is 12.4. The molecule has 0 saturated carbocycles. The highest BCUT2D eigenvalue weighted by Gasteiger charge is 2.43. The number of rotatable bonds is 4. The van der Waals surface area contributed by atoms with Gasteiger partial charge in [0.1, 0.15) is 0 Å². The SMILES string of the molecule is CC(=O)N1[C@@H]2CC[C@H]1CC(OC1CCN(C(=O)NCc3ccccc3)CC1)C2. The van der Waals surface area contributed by atoms with Crippen LogP contribution < -0.4 is 5.32 Å². The molecule has 6 nitrogen and oxygen atoms in total. The molecule has 152 valence electrons. The first-order valence-corrected chi connectivity index (χ1v) is 10.6. The molecule has 1 N–H and O–H groups in total. The van der Waals surface area contributed by atoms with Crippen molar-refractivity contribution in [2.45, 2.75) is 76.3 Å². The Morgan fingerprint density at radius 2 is 1.64 bits per heavy atom. The fourth-order valence-electron chi connectivity index (χ4n) is 5.10. The molecule has 1 unspecified atom stereocenters. The summed E-state index contributed by atoms with van der Waals surface area (Å²) in [5.41, 5.74) is 1.11. The number of nitrogens with zero attached hydrogens (tertiary/aromatic N) is 2. The van der Waals surface area contributed by atoms with Crippen LogP contribution in [0.15, 0.2) is 30.3 Å². The summed E-state index contributed by atoms with van der Waals surface area (Å²) < 4.78 is 6.40. The van der Waals surface area contributed by atoms with Crippen molar-refractivity contribution in [1.82, 2.24) is 15.1 Å². The number of carbonyl (C=O) groups is 2. The molecular formula is C22H31N3O3. The number of amides is 3. The summed E-state index contributed by atoms with van der Waals surface area (Å²) in [7, 11) is 0. The van der Waals surface area contributed by atoms with E-state index in [0.717, 1.165) is 57.2 Å². The van der Waals surface area contributed by atoms with Crippen molar-refractivity contribution in [1.29, 1.82) is 0 Å². The monoisotopic (exact) mass is 385 g/mol. The molecule has 4 rings (SSSR count). The number of likely N-dealkylation sites (tertiary alicyclic amines) is 1. The van der Waals surface area contributed by atoms with Crippen LogP contribution in [-0.2, 0) is 16.1 Å². The first kappa shape index (κ1) is 19.2. The average Bonchev–Trinajstić information content (AvgIpc) is 2.99. The highest BCUT2D eigenvalue weighted by atomic mass is 16.5. The van der Waals surface area contributed by atoms with E-state index in [1.54, 1.807) is 6.92 Å². The quantitative estimate of drug-likeness (QED) is 0.867. The minimum atomic E-state index is 0.00936. The number of benzene rings is 1. The molecule has 3 atom stereocenters. The summed E-state index contributed by atoms with van der Waals surface area (Å²) in [6, 6.07) is 10.7. The van der Waals surface area contributed by atoms with Crippen LogP contribution in [0.25, 0.3) is 0 Å². The number of hydrogen-bond donors (Lipinski definition) is 1. The number of carbonyl (C=O) groups excluding carboxylic acids is 2. The second kappa shape index (κ2) is 8.52. The molecule has 3 heterocycles. The van der Waals surface area contributed by atoms with Gasteiger partial charge in [-0.3, -0.25) is 4.79 Å². The van der Waals surface area contributed by atoms with Gasteiger partial charge in [-0.05, 0) is 44.1 Å². The van der Waals surface area contributed by atoms with Crippen molar-refractivity contribution >= 4 is 11.9 Å². The van der Waals surface area contributed by atoms with Gasteiger partial charge >= 0.3 is 6.03 Å². The van der Waals surface area contributed by atoms with E-state index in [9.17, 15) is 9.59 Å². The molecule has 0 spiro atoms. The van der Waals surface area contributed by atoms with E-state index in [4.69, 9.17) is 4.74 Å². The third-order valence-electron chi connectivity index (χ3n) is 6.45. The van der Waals surface area contributed by atoms with Crippen LogP contribution in [0.1, 0.15) is 51.0 Å². The van der Waals surface area contributed by atoms with E-state index in [0.29, 0.717) is 18.6 Å². The van der Waals surface area contributed by atoms with E-state index in [-0.39, 0.29) is 24.1 Å². The minimum Gasteiger partial charge on any atom is -0.375 e. The van der Waals surface area contributed by atoms with Gasteiger partial charge in [-0.2, -0.15) is 0 Å². The Morgan fingerprint density at radius 1 is 1.00 bits per heavy atom. The lowest BCUT2D eigenvalue weighted by atomic mass is 9.98. The van der Waals surface area contributed by atoms with Crippen LogP contribution in [0.5, 0.6) is 0 Å². The second-order valence-corrected chi connectivity index (χ2v) is 8.37. The van der Waals surface area contributed by atoms with Gasteiger partial charge in [-0.25, -0.2) is 4.79 Å². The summed E-state index contributed by atoms with van der Waals surface area (Å²) in [6.07, 6.45) is 6.43. The standard InChI is InChI=1S/C22H31N3O3/c1-16(26)25-18-7-8-19(25)14-21(13-18)28-20-9-11-24(12-10-20)22(27)23-15-17-5-3-2-4-6-17/h2-6,18-21H,7-15H2,1H3,(H,23,27)/t18-,19+,21?. The fourth-order valence-corrected chi connectivity index (χ4v) is 5.10. The van der Waals surface area contributed by atoms with Gasteiger partial charge in [-0.1, -0.05) is 30.3 Å². The van der Waals surface area contributed by atoms with E-state index in [1.165, 1.54) is 0 Å². The van der Waals surface area contributed by atoms with Crippen LogP contribution in [0, 0.1) is 0 Å². The number of hydrogen-bond acceptors (Lipinski definition) is 3. The van der Waals surface area contributed by atoms with Crippen molar-refractivity contribution in [2.75, 3.05) is 13.1 Å². The molecule has 3 aliphatic heterocycles. The molecule has 0 aromatic heterocycles. The Hall–Kier alpha value is -2.08. The van der Waals surface area contributed by atoms with Crippen LogP contribution in [0.2, 0.25) is 0 Å². The van der Waals surface area contributed by atoms with Crippen LogP contribution >= 0.6 is 0 Å². The molecular weight excluding hydrogens is 354 g/mol. The lowest BCUT2D eigenvalue weighted by Crippen LogP contribution is -2.50. The molecule has 1 aromatic rings. The van der Waals surface area contributed by atoms with Crippen LogP contribution in [0.3, 0.4) is 0 Å².